The number of thiophene rings is 1. The van der Waals surface area contributed by atoms with Crippen LogP contribution < -0.4 is 21.7 Å². The summed E-state index contributed by atoms with van der Waals surface area (Å²) in [6.07, 6.45) is 3.49. The van der Waals surface area contributed by atoms with Crippen LogP contribution in [-0.2, 0) is 23.3 Å². The van der Waals surface area contributed by atoms with Gasteiger partial charge in [0.05, 0.1) is 44.0 Å². The molecule has 0 fully saturated rings. The van der Waals surface area contributed by atoms with E-state index in [4.69, 9.17) is 20.8 Å². The van der Waals surface area contributed by atoms with E-state index in [9.17, 15) is 18.8 Å². The molecule has 0 radical (unpaired) electrons. The molecular formula is C25H28FN7O5S. The van der Waals surface area contributed by atoms with Crippen LogP contribution in [0.15, 0.2) is 40.2 Å². The highest BCUT2D eigenvalue weighted by atomic mass is 32.1. The number of aromatic nitrogens is 5. The first-order valence-electron chi connectivity index (χ1n) is 11.8. The van der Waals surface area contributed by atoms with Crippen LogP contribution in [-0.4, -0.2) is 48.9 Å². The van der Waals surface area contributed by atoms with Gasteiger partial charge in [0.15, 0.2) is 0 Å². The standard InChI is InChI=1S/C22H23FN6O4S.C3H5NO/c1-12-16-17(30)28(22(2,3)20(24)31)21(32)27(19(16)34-18(12)29-25-8-9-26-29)10-7-13-11-14(23)5-6-15(13)33-4;4-2-1-3-5/h5-6,8-9,11H,7,10H2,1-4H3,(H2,24,31);5H,1,3H2. The van der Waals surface area contributed by atoms with Crippen molar-refractivity contribution in [2.24, 2.45) is 5.73 Å². The number of nitrogens with zero attached hydrogens (tertiary/aromatic N) is 6. The molecule has 4 rings (SSSR count). The van der Waals surface area contributed by atoms with Gasteiger partial charge in [0.25, 0.3) is 5.56 Å². The lowest BCUT2D eigenvalue weighted by Gasteiger charge is -2.24. The van der Waals surface area contributed by atoms with Crippen LogP contribution in [0.4, 0.5) is 4.39 Å². The Morgan fingerprint density at radius 1 is 1.28 bits per heavy atom. The molecule has 39 heavy (non-hydrogen) atoms. The quantitative estimate of drug-likeness (QED) is 0.329. The molecule has 12 nitrogen and oxygen atoms in total. The fourth-order valence-electron chi connectivity index (χ4n) is 3.87. The van der Waals surface area contributed by atoms with E-state index in [1.807, 2.05) is 0 Å². The Bertz CT molecular complexity index is 1650. The van der Waals surface area contributed by atoms with Crippen LogP contribution in [0.3, 0.4) is 0 Å². The lowest BCUT2D eigenvalue weighted by atomic mass is 10.0. The van der Waals surface area contributed by atoms with Gasteiger partial charge in [0.2, 0.25) is 5.91 Å². The van der Waals surface area contributed by atoms with Crippen molar-refractivity contribution in [3.05, 3.63) is 68.4 Å². The number of nitrogens with two attached hydrogens (primary N) is 1. The summed E-state index contributed by atoms with van der Waals surface area (Å²) in [6, 6.07) is 5.90. The maximum absolute atomic E-state index is 13.9. The zero-order valence-corrected chi connectivity index (χ0v) is 22.7. The molecule has 0 unspecified atom stereocenters. The average Bonchev–Trinajstić information content (AvgIpc) is 3.53. The van der Waals surface area contributed by atoms with Crippen molar-refractivity contribution >= 4 is 27.5 Å². The van der Waals surface area contributed by atoms with E-state index in [0.717, 1.165) is 4.57 Å². The molecule has 14 heteroatoms. The SMILES string of the molecule is COc1ccc(F)cc1CCn1c(=O)n(C(C)(C)C(N)=O)c(=O)c2c(C)c(-n3nccn3)sc21.N#CCCO. The smallest absolute Gasteiger partial charge is 0.333 e. The number of fused-ring (bicyclic) bond motifs is 1. The molecule has 4 aromatic rings. The summed E-state index contributed by atoms with van der Waals surface area (Å²) in [5.74, 6) is -0.793. The predicted molar refractivity (Wildman–Crippen MR) is 142 cm³/mol. The Morgan fingerprint density at radius 2 is 1.95 bits per heavy atom. The van der Waals surface area contributed by atoms with Gasteiger partial charge in [-0.3, -0.25) is 14.2 Å². The monoisotopic (exact) mass is 557 g/mol. The van der Waals surface area contributed by atoms with Gasteiger partial charge in [-0.1, -0.05) is 11.3 Å². The minimum Gasteiger partial charge on any atom is -0.496 e. The third-order valence-electron chi connectivity index (χ3n) is 6.02. The average molecular weight is 558 g/mol. The van der Waals surface area contributed by atoms with E-state index in [1.54, 1.807) is 13.0 Å². The molecule has 0 atom stereocenters. The molecule has 3 aromatic heterocycles. The number of primary amides is 1. The normalized spacial score (nSPS) is 11.1. The van der Waals surface area contributed by atoms with Gasteiger partial charge in [-0.25, -0.2) is 13.8 Å². The highest BCUT2D eigenvalue weighted by Gasteiger charge is 2.34. The number of halogens is 1. The van der Waals surface area contributed by atoms with Crippen molar-refractivity contribution < 1.29 is 19.0 Å². The number of aliphatic hydroxyl groups excluding tert-OH is 1. The van der Waals surface area contributed by atoms with Crippen LogP contribution in [0.2, 0.25) is 0 Å². The lowest BCUT2D eigenvalue weighted by Crippen LogP contribution is -2.54. The second-order valence-corrected chi connectivity index (χ2v) is 9.84. The first kappa shape index (κ1) is 29.2. The van der Waals surface area contributed by atoms with Gasteiger partial charge >= 0.3 is 5.69 Å². The summed E-state index contributed by atoms with van der Waals surface area (Å²) in [4.78, 5) is 41.0. The topological polar surface area (TPSA) is 171 Å². The first-order valence-corrected chi connectivity index (χ1v) is 12.6. The van der Waals surface area contributed by atoms with E-state index in [0.29, 0.717) is 26.7 Å². The molecule has 0 bridgehead atoms. The van der Waals surface area contributed by atoms with Gasteiger partial charge in [0, 0.05) is 12.1 Å². The van der Waals surface area contributed by atoms with Crippen LogP contribution in [0, 0.1) is 24.1 Å². The summed E-state index contributed by atoms with van der Waals surface area (Å²) in [5.41, 5.74) is 3.75. The molecule has 206 valence electrons. The molecule has 0 saturated carbocycles. The van der Waals surface area contributed by atoms with Gasteiger partial charge in [-0.05, 0) is 51.0 Å². The summed E-state index contributed by atoms with van der Waals surface area (Å²) < 4.78 is 21.5. The van der Waals surface area contributed by atoms with Crippen LogP contribution in [0.5, 0.6) is 5.75 Å². The zero-order valence-electron chi connectivity index (χ0n) is 21.8. The molecule has 0 aliphatic heterocycles. The first-order chi connectivity index (χ1) is 18.5. The number of nitriles is 1. The van der Waals surface area contributed by atoms with Gasteiger partial charge in [0.1, 0.15) is 26.9 Å². The van der Waals surface area contributed by atoms with Crippen molar-refractivity contribution in [3.8, 4) is 16.8 Å². The Kier molecular flexibility index (Phi) is 9.00. The second kappa shape index (κ2) is 12.0. The molecule has 0 aliphatic rings. The summed E-state index contributed by atoms with van der Waals surface area (Å²) in [5, 5.41) is 24.6. The third kappa shape index (κ3) is 5.74. The summed E-state index contributed by atoms with van der Waals surface area (Å²) in [7, 11) is 1.47. The Balaban J connectivity index is 0.000000771. The summed E-state index contributed by atoms with van der Waals surface area (Å²) >= 11 is 1.18. The lowest BCUT2D eigenvalue weighted by molar-refractivity contribution is -0.125. The van der Waals surface area contributed by atoms with Crippen molar-refractivity contribution in [2.45, 2.75) is 45.7 Å². The molecule has 0 saturated heterocycles. The number of methoxy groups -OCH3 is 1. The fourth-order valence-corrected chi connectivity index (χ4v) is 5.11. The van der Waals surface area contributed by atoms with Crippen molar-refractivity contribution in [2.75, 3.05) is 13.7 Å². The minimum absolute atomic E-state index is 0.0174. The molecule has 0 aliphatic carbocycles. The Labute approximate surface area is 226 Å². The van der Waals surface area contributed by atoms with E-state index >= 15 is 0 Å². The van der Waals surface area contributed by atoms with E-state index in [-0.39, 0.29) is 31.4 Å². The third-order valence-corrected chi connectivity index (χ3v) is 7.30. The fraction of sp³-hybridized carbons (Fsp3) is 0.360. The Hall–Kier alpha value is -4.35. The Morgan fingerprint density at radius 3 is 2.49 bits per heavy atom. The van der Waals surface area contributed by atoms with E-state index in [1.165, 1.54) is 72.3 Å². The number of benzene rings is 1. The second-order valence-electron chi connectivity index (χ2n) is 8.87. The number of amides is 1. The van der Waals surface area contributed by atoms with Crippen LogP contribution in [0.1, 0.15) is 31.4 Å². The number of ether oxygens (including phenoxy) is 1. The van der Waals surface area contributed by atoms with E-state index < -0.39 is 28.5 Å². The van der Waals surface area contributed by atoms with Crippen molar-refractivity contribution in [3.63, 3.8) is 0 Å². The van der Waals surface area contributed by atoms with Crippen molar-refractivity contribution in [1.82, 2.24) is 24.1 Å². The number of aryl methyl sites for hydroxylation is 3. The van der Waals surface area contributed by atoms with Crippen LogP contribution >= 0.6 is 11.3 Å². The number of carbonyl (C=O) groups excluding carboxylic acids is 1. The van der Waals surface area contributed by atoms with Gasteiger partial charge < -0.3 is 15.6 Å². The van der Waals surface area contributed by atoms with Gasteiger partial charge in [-0.2, -0.15) is 15.5 Å². The molecular weight excluding hydrogens is 529 g/mol. The maximum Gasteiger partial charge on any atom is 0.333 e. The highest BCUT2D eigenvalue weighted by molar-refractivity contribution is 7.21. The van der Waals surface area contributed by atoms with Crippen molar-refractivity contribution in [1.29, 1.82) is 5.26 Å². The highest BCUT2D eigenvalue weighted by Crippen LogP contribution is 2.31. The summed E-state index contributed by atoms with van der Waals surface area (Å²) in [6.45, 7) is 4.64. The van der Waals surface area contributed by atoms with Crippen LogP contribution in [0.25, 0.3) is 15.2 Å². The molecule has 1 amide bonds. The largest absolute Gasteiger partial charge is 0.496 e. The number of aliphatic hydroxyl groups is 1. The number of hydrogen-bond donors (Lipinski definition) is 2. The molecule has 3 N–H and O–H groups in total. The van der Waals surface area contributed by atoms with E-state index in [2.05, 4.69) is 10.2 Å². The number of hydrogen-bond acceptors (Lipinski definition) is 9. The number of carbonyl (C=O) groups is 1. The molecule has 3 heterocycles. The zero-order chi connectivity index (χ0) is 28.9. The molecule has 1 aromatic carbocycles. The molecule has 0 spiro atoms. The predicted octanol–water partition coefficient (Wildman–Crippen LogP) is 1.62. The maximum atomic E-state index is 13.9. The minimum atomic E-state index is -1.58. The van der Waals surface area contributed by atoms with Gasteiger partial charge in [-0.15, -0.1) is 4.80 Å². The number of rotatable bonds is 8.